The summed E-state index contributed by atoms with van der Waals surface area (Å²) in [7, 11) is 0. The third-order valence-electron chi connectivity index (χ3n) is 3.43. The third-order valence-corrected chi connectivity index (χ3v) is 3.43. The van der Waals surface area contributed by atoms with Crippen LogP contribution in [0.5, 0.6) is 0 Å². The summed E-state index contributed by atoms with van der Waals surface area (Å²) in [5, 5.41) is 14.0. The van der Waals surface area contributed by atoms with Crippen LogP contribution in [0, 0.1) is 5.41 Å². The van der Waals surface area contributed by atoms with Gasteiger partial charge in [0.15, 0.2) is 0 Å². The monoisotopic (exact) mass is 270 g/mol. The highest BCUT2D eigenvalue weighted by atomic mass is 16.4. The van der Waals surface area contributed by atoms with Gasteiger partial charge in [0.25, 0.3) is 0 Å². The van der Waals surface area contributed by atoms with Gasteiger partial charge in [0, 0.05) is 19.4 Å². The number of nitrogens with one attached hydrogen (secondary N) is 2. The standard InChI is InChI=1S/C13H22N2O4/c1-13(2,6-5-11(17)18)7-8-14-12(19)9-3-4-10(16)15-9/h9H,3-8H2,1-2H3,(H,14,19)(H,15,16)(H,17,18)/t9-/m1/s1. The molecule has 6 heteroatoms. The van der Waals surface area contributed by atoms with E-state index in [0.29, 0.717) is 32.2 Å². The van der Waals surface area contributed by atoms with E-state index >= 15 is 0 Å². The highest BCUT2D eigenvalue weighted by molar-refractivity contribution is 5.90. The van der Waals surface area contributed by atoms with E-state index in [2.05, 4.69) is 10.6 Å². The van der Waals surface area contributed by atoms with Gasteiger partial charge in [-0.1, -0.05) is 13.8 Å². The van der Waals surface area contributed by atoms with Gasteiger partial charge in [-0.15, -0.1) is 0 Å². The summed E-state index contributed by atoms with van der Waals surface area (Å²) in [6.45, 7) is 4.47. The average Bonchev–Trinajstić information content (AvgIpc) is 2.73. The largest absolute Gasteiger partial charge is 0.481 e. The molecule has 0 bridgehead atoms. The lowest BCUT2D eigenvalue weighted by molar-refractivity contribution is -0.137. The van der Waals surface area contributed by atoms with Crippen molar-refractivity contribution in [2.45, 2.75) is 52.0 Å². The number of carbonyl (C=O) groups is 3. The van der Waals surface area contributed by atoms with Gasteiger partial charge in [0.1, 0.15) is 6.04 Å². The van der Waals surface area contributed by atoms with Crippen molar-refractivity contribution in [2.75, 3.05) is 6.54 Å². The second kappa shape index (κ2) is 6.54. The molecule has 0 aliphatic carbocycles. The summed E-state index contributed by atoms with van der Waals surface area (Å²) in [5.41, 5.74) is -0.120. The second-order valence-corrected chi connectivity index (χ2v) is 5.76. The molecule has 0 saturated carbocycles. The van der Waals surface area contributed by atoms with Crippen LogP contribution in [0.15, 0.2) is 0 Å². The molecule has 1 atom stereocenters. The summed E-state index contributed by atoms with van der Waals surface area (Å²) in [4.78, 5) is 33.2. The van der Waals surface area contributed by atoms with Gasteiger partial charge in [0.2, 0.25) is 11.8 Å². The van der Waals surface area contributed by atoms with Crippen LogP contribution in [-0.2, 0) is 14.4 Å². The van der Waals surface area contributed by atoms with Crippen LogP contribution in [0.3, 0.4) is 0 Å². The molecular weight excluding hydrogens is 248 g/mol. The van der Waals surface area contributed by atoms with E-state index in [4.69, 9.17) is 5.11 Å². The van der Waals surface area contributed by atoms with Crippen molar-refractivity contribution in [2.24, 2.45) is 5.41 Å². The van der Waals surface area contributed by atoms with Crippen LogP contribution in [0.25, 0.3) is 0 Å². The third kappa shape index (κ3) is 5.72. The van der Waals surface area contributed by atoms with Crippen molar-refractivity contribution in [3.05, 3.63) is 0 Å². The normalized spacial score (nSPS) is 19.1. The number of rotatable bonds is 7. The number of amides is 2. The van der Waals surface area contributed by atoms with Crippen LogP contribution in [-0.4, -0.2) is 35.5 Å². The zero-order chi connectivity index (χ0) is 14.5. The maximum absolute atomic E-state index is 11.7. The summed E-state index contributed by atoms with van der Waals surface area (Å²) in [6, 6.07) is -0.408. The molecule has 0 spiro atoms. The lowest BCUT2D eigenvalue weighted by Crippen LogP contribution is -2.42. The van der Waals surface area contributed by atoms with Crippen molar-refractivity contribution in [3.63, 3.8) is 0 Å². The first kappa shape index (κ1) is 15.5. The summed E-state index contributed by atoms with van der Waals surface area (Å²) in [5.74, 6) is -1.03. The van der Waals surface area contributed by atoms with Gasteiger partial charge < -0.3 is 15.7 Å². The van der Waals surface area contributed by atoms with Crippen molar-refractivity contribution < 1.29 is 19.5 Å². The summed E-state index contributed by atoms with van der Waals surface area (Å²) >= 11 is 0. The number of hydrogen-bond donors (Lipinski definition) is 3. The van der Waals surface area contributed by atoms with E-state index in [9.17, 15) is 14.4 Å². The number of carboxylic acids is 1. The lowest BCUT2D eigenvalue weighted by Gasteiger charge is -2.24. The lowest BCUT2D eigenvalue weighted by atomic mass is 9.84. The molecule has 19 heavy (non-hydrogen) atoms. The van der Waals surface area contributed by atoms with Crippen molar-refractivity contribution in [1.29, 1.82) is 0 Å². The first-order chi connectivity index (χ1) is 8.80. The highest BCUT2D eigenvalue weighted by Gasteiger charge is 2.27. The van der Waals surface area contributed by atoms with E-state index in [1.165, 1.54) is 0 Å². The van der Waals surface area contributed by atoms with E-state index in [1.54, 1.807) is 0 Å². The fraction of sp³-hybridized carbons (Fsp3) is 0.769. The minimum absolute atomic E-state index is 0.0815. The smallest absolute Gasteiger partial charge is 0.303 e. The van der Waals surface area contributed by atoms with E-state index in [0.717, 1.165) is 0 Å². The van der Waals surface area contributed by atoms with Gasteiger partial charge in [-0.2, -0.15) is 0 Å². The molecule has 0 aromatic heterocycles. The summed E-state index contributed by atoms with van der Waals surface area (Å²) < 4.78 is 0. The maximum Gasteiger partial charge on any atom is 0.303 e. The molecule has 1 saturated heterocycles. The Balaban J connectivity index is 2.23. The Morgan fingerprint density at radius 2 is 2.11 bits per heavy atom. The molecular formula is C13H22N2O4. The van der Waals surface area contributed by atoms with E-state index in [1.807, 2.05) is 13.8 Å². The summed E-state index contributed by atoms with van der Waals surface area (Å²) in [6.07, 6.45) is 2.39. The van der Waals surface area contributed by atoms with E-state index in [-0.39, 0.29) is 23.7 Å². The molecule has 0 radical (unpaired) electrons. The Kier molecular flexibility index (Phi) is 5.32. The van der Waals surface area contributed by atoms with Crippen molar-refractivity contribution >= 4 is 17.8 Å². The fourth-order valence-electron chi connectivity index (χ4n) is 2.03. The molecule has 0 unspecified atom stereocenters. The van der Waals surface area contributed by atoms with Gasteiger partial charge in [-0.3, -0.25) is 14.4 Å². The zero-order valence-electron chi connectivity index (χ0n) is 11.5. The Morgan fingerprint density at radius 1 is 1.42 bits per heavy atom. The molecule has 3 N–H and O–H groups in total. The number of carboxylic acid groups (broad SMARTS) is 1. The molecule has 6 nitrogen and oxygen atoms in total. The van der Waals surface area contributed by atoms with Gasteiger partial charge in [-0.05, 0) is 24.7 Å². The first-order valence-corrected chi connectivity index (χ1v) is 6.59. The fourth-order valence-corrected chi connectivity index (χ4v) is 2.03. The van der Waals surface area contributed by atoms with Crippen molar-refractivity contribution in [3.8, 4) is 0 Å². The molecule has 0 aromatic rings. The molecule has 1 heterocycles. The van der Waals surface area contributed by atoms with E-state index < -0.39 is 12.0 Å². The Hall–Kier alpha value is -1.59. The minimum atomic E-state index is -0.800. The van der Waals surface area contributed by atoms with Crippen LogP contribution < -0.4 is 10.6 Å². The topological polar surface area (TPSA) is 95.5 Å². The van der Waals surface area contributed by atoms with Gasteiger partial charge >= 0.3 is 5.97 Å². The molecule has 2 amide bonds. The minimum Gasteiger partial charge on any atom is -0.481 e. The van der Waals surface area contributed by atoms with Crippen LogP contribution in [0.1, 0.15) is 46.0 Å². The number of aliphatic carboxylic acids is 1. The zero-order valence-corrected chi connectivity index (χ0v) is 11.5. The quantitative estimate of drug-likeness (QED) is 0.633. The van der Waals surface area contributed by atoms with Crippen LogP contribution in [0.4, 0.5) is 0 Å². The Labute approximate surface area is 112 Å². The average molecular weight is 270 g/mol. The molecule has 1 fully saturated rings. The maximum atomic E-state index is 11.7. The second-order valence-electron chi connectivity index (χ2n) is 5.76. The van der Waals surface area contributed by atoms with Gasteiger partial charge in [-0.25, -0.2) is 0 Å². The van der Waals surface area contributed by atoms with Crippen LogP contribution >= 0.6 is 0 Å². The first-order valence-electron chi connectivity index (χ1n) is 6.59. The Bertz CT molecular complexity index is 366. The van der Waals surface area contributed by atoms with Gasteiger partial charge in [0.05, 0.1) is 0 Å². The number of carbonyl (C=O) groups excluding carboxylic acids is 2. The molecule has 1 aliphatic rings. The predicted octanol–water partition coefficient (Wildman–Crippen LogP) is 0.662. The molecule has 0 aromatic carbocycles. The molecule has 108 valence electrons. The molecule has 1 rings (SSSR count). The predicted molar refractivity (Wildman–Crippen MR) is 69.4 cm³/mol. The highest BCUT2D eigenvalue weighted by Crippen LogP contribution is 2.26. The molecule has 1 aliphatic heterocycles. The number of hydrogen-bond acceptors (Lipinski definition) is 3. The van der Waals surface area contributed by atoms with Crippen molar-refractivity contribution in [1.82, 2.24) is 10.6 Å². The SMILES string of the molecule is CC(C)(CCNC(=O)[C@H]1CCC(=O)N1)CCC(=O)O. The Morgan fingerprint density at radius 3 is 2.63 bits per heavy atom. The van der Waals surface area contributed by atoms with Crippen LogP contribution in [0.2, 0.25) is 0 Å².